The summed E-state index contributed by atoms with van der Waals surface area (Å²) in [4.78, 5) is 0. The number of rotatable bonds is 26. The number of aromatic hydroxyl groups is 1. The van der Waals surface area contributed by atoms with Crippen LogP contribution in [0.25, 0.3) is 0 Å². The zero-order valence-corrected chi connectivity index (χ0v) is 29.9. The third-order valence-corrected chi connectivity index (χ3v) is 10.6. The molecule has 5 heteroatoms. The van der Waals surface area contributed by atoms with Crippen LogP contribution in [0.1, 0.15) is 185 Å². The number of unbranched alkanes of at least 4 members (excludes halogenated alkanes) is 18. The van der Waals surface area contributed by atoms with Gasteiger partial charge in [0.15, 0.2) is 0 Å². The van der Waals surface area contributed by atoms with Crippen LogP contribution in [0, 0.1) is 13.8 Å². The lowest BCUT2D eigenvalue weighted by Gasteiger charge is -2.28. The molecular formula is C37H69O4P. The van der Waals surface area contributed by atoms with Gasteiger partial charge < -0.3 is 14.2 Å². The molecule has 0 saturated heterocycles. The lowest BCUT2D eigenvalue weighted by atomic mass is 9.81. The summed E-state index contributed by atoms with van der Waals surface area (Å²) in [7, 11) is -3.34. The van der Waals surface area contributed by atoms with Gasteiger partial charge in [-0.25, -0.2) is 0 Å². The van der Waals surface area contributed by atoms with Gasteiger partial charge in [0.25, 0.3) is 0 Å². The highest BCUT2D eigenvalue weighted by Gasteiger charge is 2.31. The topological polar surface area (TPSA) is 55.8 Å². The fraction of sp³-hybridized carbons (Fsp3) is 0.838. The van der Waals surface area contributed by atoms with Crippen molar-refractivity contribution in [1.29, 1.82) is 0 Å². The Morgan fingerprint density at radius 2 is 0.976 bits per heavy atom. The van der Waals surface area contributed by atoms with Crippen LogP contribution in [0.2, 0.25) is 0 Å². The van der Waals surface area contributed by atoms with Crippen molar-refractivity contribution >= 4 is 7.60 Å². The third-order valence-electron chi connectivity index (χ3n) is 8.74. The monoisotopic (exact) mass is 608 g/mol. The standard InChI is InChI=1S/C37H69O4P/c1-8-10-12-14-16-18-20-22-24-26-28-40-42(39,41-29-27-25-23-21-19-17-15-13-11-9-2)31-34-32(3)33(4)36(38)30-35(34)37(5,6)7/h30,38H,8-29,31H2,1-7H3. The Labute approximate surface area is 261 Å². The molecule has 0 amide bonds. The SMILES string of the molecule is CCCCCCCCCCCCOP(=O)(Cc1c(C(C)(C)C)cc(O)c(C)c1C)OCCCCCCCCCCCC. The maximum atomic E-state index is 14.2. The van der Waals surface area contributed by atoms with Crippen LogP contribution < -0.4 is 0 Å². The first-order valence-electron chi connectivity index (χ1n) is 17.8. The quantitative estimate of drug-likeness (QED) is 0.0839. The highest BCUT2D eigenvalue weighted by Crippen LogP contribution is 2.54. The van der Waals surface area contributed by atoms with Gasteiger partial charge in [0.2, 0.25) is 0 Å². The van der Waals surface area contributed by atoms with E-state index in [1.807, 2.05) is 19.9 Å². The van der Waals surface area contributed by atoms with Gasteiger partial charge in [-0.05, 0) is 60.4 Å². The molecule has 0 saturated carbocycles. The zero-order valence-electron chi connectivity index (χ0n) is 29.0. The smallest absolute Gasteiger partial charge is 0.335 e. The molecule has 0 bridgehead atoms. The summed E-state index contributed by atoms with van der Waals surface area (Å²) >= 11 is 0. The van der Waals surface area contributed by atoms with Gasteiger partial charge in [0.05, 0.1) is 19.4 Å². The fourth-order valence-corrected chi connectivity index (χ4v) is 7.60. The molecular weight excluding hydrogens is 539 g/mol. The van der Waals surface area contributed by atoms with Crippen LogP contribution in [0.3, 0.4) is 0 Å². The number of benzene rings is 1. The molecule has 4 nitrogen and oxygen atoms in total. The van der Waals surface area contributed by atoms with E-state index in [-0.39, 0.29) is 11.6 Å². The van der Waals surface area contributed by atoms with Crippen LogP contribution in [0.15, 0.2) is 6.07 Å². The van der Waals surface area contributed by atoms with Crippen molar-refractivity contribution in [3.63, 3.8) is 0 Å². The summed E-state index contributed by atoms with van der Waals surface area (Å²) in [5, 5.41) is 10.6. The molecule has 0 aliphatic heterocycles. The minimum Gasteiger partial charge on any atom is -0.508 e. The van der Waals surface area contributed by atoms with E-state index in [1.165, 1.54) is 103 Å². The molecule has 1 rings (SSSR count). The maximum absolute atomic E-state index is 14.2. The molecule has 0 radical (unpaired) electrons. The normalized spacial score (nSPS) is 12.4. The van der Waals surface area contributed by atoms with Gasteiger partial charge in [0, 0.05) is 0 Å². The van der Waals surface area contributed by atoms with E-state index in [0.29, 0.717) is 19.0 Å². The van der Waals surface area contributed by atoms with E-state index in [1.54, 1.807) is 0 Å². The largest absolute Gasteiger partial charge is 0.508 e. The van der Waals surface area contributed by atoms with Gasteiger partial charge in [-0.3, -0.25) is 4.57 Å². The van der Waals surface area contributed by atoms with Crippen LogP contribution in [-0.4, -0.2) is 18.3 Å². The molecule has 0 atom stereocenters. The summed E-state index contributed by atoms with van der Waals surface area (Å²) in [6.45, 7) is 15.9. The fourth-order valence-electron chi connectivity index (χ4n) is 5.73. The third kappa shape index (κ3) is 16.9. The van der Waals surface area contributed by atoms with Gasteiger partial charge >= 0.3 is 7.60 Å². The predicted molar refractivity (Wildman–Crippen MR) is 183 cm³/mol. The van der Waals surface area contributed by atoms with E-state index < -0.39 is 7.60 Å². The molecule has 42 heavy (non-hydrogen) atoms. The van der Waals surface area contributed by atoms with Crippen LogP contribution in [-0.2, 0) is 25.2 Å². The van der Waals surface area contributed by atoms with Gasteiger partial charge in [0.1, 0.15) is 5.75 Å². The second kappa shape index (κ2) is 22.6. The Kier molecular flexibility index (Phi) is 21.1. The van der Waals surface area contributed by atoms with Gasteiger partial charge in [-0.15, -0.1) is 0 Å². The van der Waals surface area contributed by atoms with Gasteiger partial charge in [-0.1, -0.05) is 150 Å². The molecule has 246 valence electrons. The van der Waals surface area contributed by atoms with E-state index in [2.05, 4.69) is 34.6 Å². The van der Waals surface area contributed by atoms with Crippen LogP contribution in [0.4, 0.5) is 0 Å². The van der Waals surface area contributed by atoms with Crippen LogP contribution in [0.5, 0.6) is 5.75 Å². The van der Waals surface area contributed by atoms with Crippen molar-refractivity contribution in [2.24, 2.45) is 0 Å². The van der Waals surface area contributed by atoms with Crippen molar-refractivity contribution in [2.75, 3.05) is 13.2 Å². The minimum absolute atomic E-state index is 0.191. The molecule has 0 fully saturated rings. The Morgan fingerprint density at radius 1 is 0.619 bits per heavy atom. The van der Waals surface area contributed by atoms with Gasteiger partial charge in [-0.2, -0.15) is 0 Å². The Hall–Kier alpha value is -0.830. The number of phenolic OH excluding ortho intramolecular Hbond substituents is 1. The lowest BCUT2D eigenvalue weighted by Crippen LogP contribution is -2.17. The zero-order chi connectivity index (χ0) is 31.3. The van der Waals surface area contributed by atoms with Crippen molar-refractivity contribution in [2.45, 2.75) is 188 Å². The van der Waals surface area contributed by atoms with Crippen molar-refractivity contribution in [1.82, 2.24) is 0 Å². The average molecular weight is 609 g/mol. The Bertz CT molecular complexity index is 843. The van der Waals surface area contributed by atoms with E-state index in [9.17, 15) is 9.67 Å². The minimum atomic E-state index is -3.34. The molecule has 0 aliphatic carbocycles. The summed E-state index contributed by atoms with van der Waals surface area (Å²) in [6.07, 6.45) is 25.4. The van der Waals surface area contributed by atoms with Crippen molar-refractivity contribution < 1.29 is 18.7 Å². The molecule has 0 spiro atoms. The molecule has 0 heterocycles. The van der Waals surface area contributed by atoms with Crippen molar-refractivity contribution in [3.8, 4) is 5.75 Å². The summed E-state index contributed by atoms with van der Waals surface area (Å²) in [5.74, 6) is 0.300. The highest BCUT2D eigenvalue weighted by molar-refractivity contribution is 7.53. The maximum Gasteiger partial charge on any atom is 0.335 e. The summed E-state index contributed by atoms with van der Waals surface area (Å²) in [6, 6.07) is 1.85. The molecule has 0 aliphatic rings. The first-order valence-corrected chi connectivity index (χ1v) is 19.5. The first-order chi connectivity index (χ1) is 20.1. The predicted octanol–water partition coefficient (Wildman–Crippen LogP) is 12.9. The second-order valence-electron chi connectivity index (χ2n) is 13.7. The Balaban J connectivity index is 2.67. The highest BCUT2D eigenvalue weighted by atomic mass is 31.2. The van der Waals surface area contributed by atoms with E-state index >= 15 is 0 Å². The average Bonchev–Trinajstić information content (AvgIpc) is 2.94. The van der Waals surface area contributed by atoms with E-state index in [0.717, 1.165) is 47.9 Å². The molecule has 0 unspecified atom stereocenters. The number of phenols is 1. The van der Waals surface area contributed by atoms with Crippen molar-refractivity contribution in [3.05, 3.63) is 28.3 Å². The molecule has 1 aromatic carbocycles. The molecule has 0 aromatic heterocycles. The van der Waals surface area contributed by atoms with Crippen LogP contribution >= 0.6 is 7.60 Å². The summed E-state index contributed by atoms with van der Waals surface area (Å²) in [5.41, 5.74) is 3.67. The first kappa shape index (κ1) is 39.2. The number of hydrogen-bond acceptors (Lipinski definition) is 4. The molecule has 1 aromatic rings. The second-order valence-corrected chi connectivity index (χ2v) is 15.8. The number of hydrogen-bond donors (Lipinski definition) is 1. The Morgan fingerprint density at radius 3 is 1.33 bits per heavy atom. The lowest BCUT2D eigenvalue weighted by molar-refractivity contribution is 0.196. The van der Waals surface area contributed by atoms with E-state index in [4.69, 9.17) is 9.05 Å². The summed E-state index contributed by atoms with van der Waals surface area (Å²) < 4.78 is 26.5. The molecule has 1 N–H and O–H groups in total.